The molecule has 1 saturated carbocycles. The van der Waals surface area contributed by atoms with Crippen molar-refractivity contribution in [3.8, 4) is 0 Å². The van der Waals surface area contributed by atoms with E-state index in [1.54, 1.807) is 0 Å². The minimum absolute atomic E-state index is 0.0256. The first kappa shape index (κ1) is 15.8. The molecule has 0 aromatic heterocycles. The summed E-state index contributed by atoms with van der Waals surface area (Å²) in [6.45, 7) is 9.36. The van der Waals surface area contributed by atoms with Crippen molar-refractivity contribution in [2.24, 2.45) is 5.92 Å². The van der Waals surface area contributed by atoms with E-state index in [4.69, 9.17) is 4.74 Å². The van der Waals surface area contributed by atoms with Crippen LogP contribution in [-0.2, 0) is 9.53 Å². The molecular formula is C16H30N2O2. The van der Waals surface area contributed by atoms with E-state index in [-0.39, 0.29) is 12.2 Å². The van der Waals surface area contributed by atoms with Gasteiger partial charge in [0.05, 0.1) is 18.3 Å². The van der Waals surface area contributed by atoms with Gasteiger partial charge >= 0.3 is 0 Å². The van der Waals surface area contributed by atoms with E-state index in [1.165, 1.54) is 0 Å². The molecule has 1 aliphatic carbocycles. The standard InChI is InChI=1S/C16H30N2O2/c1-5-7-15-17-14(8-11(3)4)16(19)18(15)12-9-13(10-12)20-6-2/h11-15,17H,5-10H2,1-4H3. The number of nitrogens with zero attached hydrogens (tertiary/aromatic N) is 1. The van der Waals surface area contributed by atoms with Crippen LogP contribution in [0.3, 0.4) is 0 Å². The van der Waals surface area contributed by atoms with Crippen LogP contribution >= 0.6 is 0 Å². The first-order valence-corrected chi connectivity index (χ1v) is 8.26. The molecule has 20 heavy (non-hydrogen) atoms. The van der Waals surface area contributed by atoms with Gasteiger partial charge in [-0.3, -0.25) is 10.1 Å². The zero-order chi connectivity index (χ0) is 14.7. The molecular weight excluding hydrogens is 252 g/mol. The fraction of sp³-hybridized carbons (Fsp3) is 0.938. The highest BCUT2D eigenvalue weighted by Crippen LogP contribution is 2.33. The predicted molar refractivity (Wildman–Crippen MR) is 80.4 cm³/mol. The molecule has 1 aliphatic heterocycles. The maximum atomic E-state index is 12.6. The van der Waals surface area contributed by atoms with Gasteiger partial charge in [-0.2, -0.15) is 0 Å². The Hall–Kier alpha value is -0.610. The van der Waals surface area contributed by atoms with Crippen LogP contribution in [0.25, 0.3) is 0 Å². The van der Waals surface area contributed by atoms with Crippen molar-refractivity contribution in [1.82, 2.24) is 10.2 Å². The Morgan fingerprint density at radius 3 is 2.60 bits per heavy atom. The lowest BCUT2D eigenvalue weighted by molar-refractivity contribution is -0.138. The first-order valence-electron chi connectivity index (χ1n) is 8.26. The van der Waals surface area contributed by atoms with Gasteiger partial charge in [-0.25, -0.2) is 0 Å². The lowest BCUT2D eigenvalue weighted by atomic mass is 9.87. The second-order valence-corrected chi connectivity index (χ2v) is 6.60. The highest BCUT2D eigenvalue weighted by molar-refractivity contribution is 5.84. The third kappa shape index (κ3) is 3.34. The number of hydrogen-bond donors (Lipinski definition) is 1. The molecule has 2 unspecified atom stereocenters. The molecule has 1 saturated heterocycles. The summed E-state index contributed by atoms with van der Waals surface area (Å²) >= 11 is 0. The van der Waals surface area contributed by atoms with Crippen molar-refractivity contribution in [1.29, 1.82) is 0 Å². The van der Waals surface area contributed by atoms with Gasteiger partial charge in [-0.15, -0.1) is 0 Å². The fourth-order valence-corrected chi connectivity index (χ4v) is 3.42. The van der Waals surface area contributed by atoms with Crippen LogP contribution in [-0.4, -0.2) is 41.8 Å². The Balaban J connectivity index is 1.96. The number of hydrogen-bond acceptors (Lipinski definition) is 3. The van der Waals surface area contributed by atoms with E-state index in [9.17, 15) is 4.79 Å². The average Bonchev–Trinajstić information content (AvgIpc) is 2.61. The third-order valence-electron chi connectivity index (χ3n) is 4.42. The summed E-state index contributed by atoms with van der Waals surface area (Å²) in [6.07, 6.45) is 5.73. The molecule has 2 rings (SSSR count). The van der Waals surface area contributed by atoms with Gasteiger partial charge in [0, 0.05) is 12.6 Å². The molecule has 0 radical (unpaired) electrons. The number of rotatable bonds is 7. The molecule has 4 heteroatoms. The van der Waals surface area contributed by atoms with Crippen LogP contribution in [0, 0.1) is 5.92 Å². The van der Waals surface area contributed by atoms with E-state index in [0.717, 1.165) is 38.7 Å². The van der Waals surface area contributed by atoms with Crippen molar-refractivity contribution in [2.75, 3.05) is 6.61 Å². The minimum atomic E-state index is 0.0256. The van der Waals surface area contributed by atoms with Crippen molar-refractivity contribution >= 4 is 5.91 Å². The molecule has 0 aromatic carbocycles. The number of nitrogens with one attached hydrogen (secondary N) is 1. The average molecular weight is 282 g/mol. The van der Waals surface area contributed by atoms with Gasteiger partial charge in [0.1, 0.15) is 0 Å². The van der Waals surface area contributed by atoms with Crippen LogP contribution in [0.5, 0.6) is 0 Å². The minimum Gasteiger partial charge on any atom is -0.378 e. The maximum absolute atomic E-state index is 12.6. The lowest BCUT2D eigenvalue weighted by Gasteiger charge is -2.43. The summed E-state index contributed by atoms with van der Waals surface area (Å²) in [4.78, 5) is 14.8. The second-order valence-electron chi connectivity index (χ2n) is 6.60. The molecule has 4 nitrogen and oxygen atoms in total. The summed E-state index contributed by atoms with van der Waals surface area (Å²) in [6, 6.07) is 0.415. The highest BCUT2D eigenvalue weighted by Gasteiger charge is 2.46. The van der Waals surface area contributed by atoms with E-state index >= 15 is 0 Å². The van der Waals surface area contributed by atoms with E-state index in [2.05, 4.69) is 31.0 Å². The lowest BCUT2D eigenvalue weighted by Crippen LogP contribution is -2.53. The van der Waals surface area contributed by atoms with Crippen LogP contribution in [0.15, 0.2) is 0 Å². The molecule has 2 aliphatic rings. The fourth-order valence-electron chi connectivity index (χ4n) is 3.42. The smallest absolute Gasteiger partial charge is 0.241 e. The largest absolute Gasteiger partial charge is 0.378 e. The topological polar surface area (TPSA) is 41.6 Å². The monoisotopic (exact) mass is 282 g/mol. The zero-order valence-electron chi connectivity index (χ0n) is 13.4. The molecule has 2 fully saturated rings. The van der Waals surface area contributed by atoms with Crippen molar-refractivity contribution in [2.45, 2.75) is 84.2 Å². The van der Waals surface area contributed by atoms with Crippen LogP contribution in [0.2, 0.25) is 0 Å². The Bertz CT molecular complexity index is 326. The number of ether oxygens (including phenoxy) is 1. The number of amides is 1. The third-order valence-corrected chi connectivity index (χ3v) is 4.42. The normalized spacial score (nSPS) is 33.9. The summed E-state index contributed by atoms with van der Waals surface area (Å²) in [5, 5.41) is 3.55. The van der Waals surface area contributed by atoms with Crippen molar-refractivity contribution in [3.05, 3.63) is 0 Å². The summed E-state index contributed by atoms with van der Waals surface area (Å²) in [5.74, 6) is 0.869. The zero-order valence-corrected chi connectivity index (χ0v) is 13.4. The van der Waals surface area contributed by atoms with Gasteiger partial charge in [0.2, 0.25) is 5.91 Å². The first-order chi connectivity index (χ1) is 9.56. The molecule has 2 atom stereocenters. The van der Waals surface area contributed by atoms with Gasteiger partial charge in [-0.05, 0) is 38.5 Å². The molecule has 1 N–H and O–H groups in total. The van der Waals surface area contributed by atoms with Gasteiger partial charge < -0.3 is 9.64 Å². The number of carbonyl (C=O) groups is 1. The Kier molecular flexibility index (Phi) is 5.44. The molecule has 1 heterocycles. The highest BCUT2D eigenvalue weighted by atomic mass is 16.5. The van der Waals surface area contributed by atoms with E-state index < -0.39 is 0 Å². The van der Waals surface area contributed by atoms with Gasteiger partial charge in [0.15, 0.2) is 0 Å². The van der Waals surface area contributed by atoms with Gasteiger partial charge in [-0.1, -0.05) is 27.2 Å². The van der Waals surface area contributed by atoms with E-state index in [1.807, 2.05) is 6.92 Å². The van der Waals surface area contributed by atoms with Crippen molar-refractivity contribution in [3.63, 3.8) is 0 Å². The summed E-state index contributed by atoms with van der Waals surface area (Å²) < 4.78 is 5.63. The van der Waals surface area contributed by atoms with Crippen LogP contribution in [0.1, 0.15) is 59.8 Å². The molecule has 0 aromatic rings. The van der Waals surface area contributed by atoms with Gasteiger partial charge in [0.25, 0.3) is 0 Å². The number of carbonyl (C=O) groups excluding carboxylic acids is 1. The molecule has 0 bridgehead atoms. The van der Waals surface area contributed by atoms with Crippen LogP contribution in [0.4, 0.5) is 0 Å². The Morgan fingerprint density at radius 1 is 1.35 bits per heavy atom. The second kappa shape index (κ2) is 6.90. The summed E-state index contributed by atoms with van der Waals surface area (Å²) in [7, 11) is 0. The van der Waals surface area contributed by atoms with E-state index in [0.29, 0.717) is 24.0 Å². The van der Waals surface area contributed by atoms with Crippen LogP contribution < -0.4 is 5.32 Å². The predicted octanol–water partition coefficient (Wildman–Crippen LogP) is 2.53. The Labute approximate surface area is 123 Å². The molecule has 116 valence electrons. The SMILES string of the molecule is CCCC1NC(CC(C)C)C(=O)N1C1CC(OCC)C1. The molecule has 1 amide bonds. The van der Waals surface area contributed by atoms with Crippen molar-refractivity contribution < 1.29 is 9.53 Å². The summed E-state index contributed by atoms with van der Waals surface area (Å²) in [5.41, 5.74) is 0. The maximum Gasteiger partial charge on any atom is 0.241 e. The quantitative estimate of drug-likeness (QED) is 0.780. The Morgan fingerprint density at radius 2 is 2.05 bits per heavy atom. The molecule has 0 spiro atoms.